The minimum Gasteiger partial charge on any atom is -0.508 e. The van der Waals surface area contributed by atoms with Gasteiger partial charge in [0.1, 0.15) is 36.0 Å². The van der Waals surface area contributed by atoms with E-state index in [4.69, 9.17) is 11.5 Å². The quantitative estimate of drug-likeness (QED) is 0.0255. The molecule has 5 unspecified atom stereocenters. The molecule has 0 bridgehead atoms. The summed E-state index contributed by atoms with van der Waals surface area (Å²) < 4.78 is 0. The summed E-state index contributed by atoms with van der Waals surface area (Å²) in [4.78, 5) is 120. The highest BCUT2D eigenvalue weighted by Crippen LogP contribution is 2.13. The van der Waals surface area contributed by atoms with Gasteiger partial charge in [0.15, 0.2) is 5.96 Å². The Morgan fingerprint density at radius 1 is 0.561 bits per heavy atom. The monoisotopic (exact) mass is 923 g/mol. The minimum absolute atomic E-state index is 0.00119. The van der Waals surface area contributed by atoms with Crippen molar-refractivity contribution >= 4 is 59.2 Å². The fraction of sp³-hybridized carbons (Fsp3) is 0.500. The van der Waals surface area contributed by atoms with E-state index in [9.17, 15) is 53.4 Å². The van der Waals surface area contributed by atoms with Gasteiger partial charge in [-0.1, -0.05) is 70.2 Å². The van der Waals surface area contributed by atoms with Gasteiger partial charge in [-0.25, -0.2) is 4.79 Å². The number of nitrogens with zero attached hydrogens (tertiary/aromatic N) is 1. The number of nitrogens with two attached hydrogens (primary N) is 2. The van der Waals surface area contributed by atoms with E-state index in [0.717, 1.165) is 0 Å². The van der Waals surface area contributed by atoms with Crippen molar-refractivity contribution in [3.05, 3.63) is 65.7 Å². The molecule has 5 atom stereocenters. The van der Waals surface area contributed by atoms with E-state index >= 15 is 0 Å². The lowest BCUT2D eigenvalue weighted by Gasteiger charge is -2.26. The van der Waals surface area contributed by atoms with E-state index in [-0.39, 0.29) is 68.6 Å². The van der Waals surface area contributed by atoms with Crippen LogP contribution in [-0.4, -0.2) is 126 Å². The van der Waals surface area contributed by atoms with Gasteiger partial charge in [0.05, 0.1) is 19.6 Å². The summed E-state index contributed by atoms with van der Waals surface area (Å²) in [6.07, 6.45) is 0.506. The first kappa shape index (κ1) is 54.9. The topological polar surface area (TPSA) is 355 Å². The van der Waals surface area contributed by atoms with Crippen molar-refractivity contribution in [1.29, 1.82) is 0 Å². The first-order valence-corrected chi connectivity index (χ1v) is 21.5. The number of aromatic hydroxyl groups is 1. The van der Waals surface area contributed by atoms with Gasteiger partial charge in [0.25, 0.3) is 0 Å². The molecule has 66 heavy (non-hydrogen) atoms. The van der Waals surface area contributed by atoms with Crippen LogP contribution in [0, 0.1) is 11.8 Å². The van der Waals surface area contributed by atoms with Crippen LogP contribution in [0.4, 0.5) is 0 Å². The zero-order valence-corrected chi connectivity index (χ0v) is 38.0. The number of carboxylic acids is 1. The third-order valence-electron chi connectivity index (χ3n) is 9.56. The van der Waals surface area contributed by atoms with E-state index in [0.29, 0.717) is 11.1 Å². The molecular weight excluding hydrogens is 859 g/mol. The van der Waals surface area contributed by atoms with Crippen LogP contribution < -0.4 is 54.0 Å². The second kappa shape index (κ2) is 28.5. The van der Waals surface area contributed by atoms with Gasteiger partial charge in [0.2, 0.25) is 47.3 Å². The largest absolute Gasteiger partial charge is 0.508 e. The number of aliphatic carboxylic acids is 1. The number of hydrogen-bond acceptors (Lipinski definition) is 11. The fourth-order valence-corrected chi connectivity index (χ4v) is 6.41. The average molecular weight is 924 g/mol. The van der Waals surface area contributed by atoms with Crippen LogP contribution in [0.3, 0.4) is 0 Å². The molecule has 0 spiro atoms. The molecule has 0 fully saturated rings. The number of phenolic OH excluding ortho intramolecular Hbond substituents is 1. The second-order valence-corrected chi connectivity index (χ2v) is 16.4. The minimum atomic E-state index is -1.26. The van der Waals surface area contributed by atoms with Gasteiger partial charge >= 0.3 is 5.97 Å². The number of aliphatic imine (C=N–C) groups is 1. The Hall–Kier alpha value is -7.26. The van der Waals surface area contributed by atoms with Crippen molar-refractivity contribution < 1.29 is 53.4 Å². The number of carbonyl (C=O) groups excluding carboxylic acids is 8. The predicted molar refractivity (Wildman–Crippen MR) is 243 cm³/mol. The number of nitrogens with one attached hydrogen (secondary N) is 8. The first-order valence-electron chi connectivity index (χ1n) is 21.5. The zero-order valence-electron chi connectivity index (χ0n) is 38.0. The molecule has 2 aromatic carbocycles. The Bertz CT molecular complexity index is 1990. The molecule has 8 amide bonds. The van der Waals surface area contributed by atoms with E-state index in [2.05, 4.69) is 47.5 Å². The maximum Gasteiger partial charge on any atom is 0.326 e. The van der Waals surface area contributed by atoms with Crippen molar-refractivity contribution in [2.45, 2.75) is 103 Å². The lowest BCUT2D eigenvalue weighted by molar-refractivity contribution is -0.142. The zero-order chi connectivity index (χ0) is 49.3. The predicted octanol–water partition coefficient (Wildman–Crippen LogP) is -1.80. The van der Waals surface area contributed by atoms with Crippen LogP contribution in [0.5, 0.6) is 5.75 Å². The number of phenols is 1. The summed E-state index contributed by atoms with van der Waals surface area (Å²) in [5, 5.41) is 39.1. The Balaban J connectivity index is 2.17. The summed E-state index contributed by atoms with van der Waals surface area (Å²) in [6.45, 7) is 6.77. The summed E-state index contributed by atoms with van der Waals surface area (Å²) >= 11 is 0. The van der Waals surface area contributed by atoms with Crippen LogP contribution in [-0.2, 0) is 56.0 Å². The average Bonchev–Trinajstić information content (AvgIpc) is 3.24. The van der Waals surface area contributed by atoms with Crippen molar-refractivity contribution in [2.24, 2.45) is 28.3 Å². The van der Waals surface area contributed by atoms with Gasteiger partial charge in [-0.2, -0.15) is 0 Å². The molecule has 22 nitrogen and oxygen atoms in total. The van der Waals surface area contributed by atoms with E-state index < -0.39 is 103 Å². The van der Waals surface area contributed by atoms with Crippen molar-refractivity contribution in [3.63, 3.8) is 0 Å². The summed E-state index contributed by atoms with van der Waals surface area (Å²) in [5.74, 6) is -7.36. The van der Waals surface area contributed by atoms with Crippen LogP contribution in [0.2, 0.25) is 0 Å². The molecule has 362 valence electrons. The molecule has 0 aliphatic carbocycles. The summed E-state index contributed by atoms with van der Waals surface area (Å²) in [7, 11) is 0. The van der Waals surface area contributed by atoms with Gasteiger partial charge in [-0.05, 0) is 60.8 Å². The van der Waals surface area contributed by atoms with Crippen LogP contribution in [0.1, 0.15) is 71.4 Å². The van der Waals surface area contributed by atoms with Gasteiger partial charge in [0, 0.05) is 26.3 Å². The molecular formula is C44H65N11O11. The van der Waals surface area contributed by atoms with E-state index in [1.54, 1.807) is 70.2 Å². The van der Waals surface area contributed by atoms with Crippen LogP contribution in [0.15, 0.2) is 59.6 Å². The molecule has 0 radical (unpaired) electrons. The van der Waals surface area contributed by atoms with Crippen LogP contribution >= 0.6 is 0 Å². The lowest BCUT2D eigenvalue weighted by atomic mass is 10.00. The number of guanidine groups is 1. The van der Waals surface area contributed by atoms with Crippen molar-refractivity contribution in [2.75, 3.05) is 26.2 Å². The fourth-order valence-electron chi connectivity index (χ4n) is 6.41. The van der Waals surface area contributed by atoms with Crippen molar-refractivity contribution in [3.8, 4) is 5.75 Å². The Kier molecular flexibility index (Phi) is 23.7. The number of carbonyl (C=O) groups is 9. The Morgan fingerprint density at radius 3 is 1.58 bits per heavy atom. The van der Waals surface area contributed by atoms with Gasteiger partial charge < -0.3 is 64.2 Å². The van der Waals surface area contributed by atoms with Crippen LogP contribution in [0.25, 0.3) is 0 Å². The smallest absolute Gasteiger partial charge is 0.326 e. The Morgan fingerprint density at radius 2 is 1.03 bits per heavy atom. The normalized spacial score (nSPS) is 13.1. The van der Waals surface area contributed by atoms with E-state index in [1.165, 1.54) is 19.1 Å². The van der Waals surface area contributed by atoms with Crippen molar-refractivity contribution in [1.82, 2.24) is 42.5 Å². The molecule has 0 aromatic heterocycles. The van der Waals surface area contributed by atoms with E-state index in [1.807, 2.05) is 0 Å². The molecule has 0 saturated heterocycles. The number of carboxylic acid groups (broad SMARTS) is 1. The third kappa shape index (κ3) is 22.4. The summed E-state index contributed by atoms with van der Waals surface area (Å²) in [5.41, 5.74) is 12.1. The maximum atomic E-state index is 14.0. The highest BCUT2D eigenvalue weighted by atomic mass is 16.4. The first-order chi connectivity index (χ1) is 31.1. The van der Waals surface area contributed by atoms with Gasteiger partial charge in [-0.3, -0.25) is 43.3 Å². The van der Waals surface area contributed by atoms with Gasteiger partial charge in [-0.15, -0.1) is 0 Å². The lowest BCUT2D eigenvalue weighted by Crippen LogP contribution is -2.58. The molecule has 14 N–H and O–H groups in total. The molecule has 2 rings (SSSR count). The molecule has 0 aliphatic heterocycles. The maximum absolute atomic E-state index is 14.0. The summed E-state index contributed by atoms with van der Waals surface area (Å²) in [6, 6.07) is 8.71. The standard InChI is InChI=1S/C44H65N11O11/c1-25(2)18-32(41(63)54-31(12-9-17-47-44(45)46)39(61)50-24-38(60)53-35(43(65)66)19-26(3)4)55-42(64)34(20-28-10-7-6-8-11-28)52-37(59)23-48-36(58)22-49-40(62)33(51-27(5)56)21-29-13-15-30(57)16-14-29/h6-8,10-11,13-16,25-26,31-35,57H,9,12,17-24H2,1-5H3,(H,48,58)(H,49,62)(H,50,61)(H,51,56)(H,52,59)(H,53,60)(H,54,63)(H,55,64)(H,65,66)(H4,45,46,47). The number of rotatable bonds is 28. The SMILES string of the molecule is CC(=O)NC(Cc1ccc(O)cc1)C(=O)NCC(=O)NCC(=O)NC(Cc1ccccc1)C(=O)NC(CC(C)C)C(=O)NC(CCCN=C(N)N)C(=O)NCC(=O)NC(CC(C)C)C(=O)O. The molecule has 22 heteroatoms. The highest BCUT2D eigenvalue weighted by Gasteiger charge is 2.31. The molecule has 0 aliphatic rings. The Labute approximate surface area is 383 Å². The highest BCUT2D eigenvalue weighted by molar-refractivity contribution is 5.96. The molecule has 2 aromatic rings. The number of amides is 8. The molecule has 0 saturated carbocycles. The third-order valence-corrected chi connectivity index (χ3v) is 9.56. The molecule has 0 heterocycles. The second-order valence-electron chi connectivity index (χ2n) is 16.4. The number of hydrogen-bond donors (Lipinski definition) is 12. The number of benzene rings is 2.